The van der Waals surface area contributed by atoms with Gasteiger partial charge in [0.15, 0.2) is 5.82 Å². The van der Waals surface area contributed by atoms with E-state index in [1.54, 1.807) is 11.8 Å². The number of hydrogen-bond acceptors (Lipinski definition) is 4. The molecule has 0 fully saturated rings. The standard InChI is InChI=1S/C16H18N4OS/c1-10-4-5-11-8-13(22-12(11)7-10)16(21)17-9-15-19-18-14-3-2-6-20(14)15/h4-5,7,13H,2-3,6,8-9H2,1H3,(H,17,21)/t13-/m1/s1. The van der Waals surface area contributed by atoms with Crippen LogP contribution in [0.25, 0.3) is 0 Å². The van der Waals surface area contributed by atoms with E-state index < -0.39 is 0 Å². The van der Waals surface area contributed by atoms with Gasteiger partial charge in [0, 0.05) is 17.9 Å². The molecular formula is C16H18N4OS. The van der Waals surface area contributed by atoms with Crippen LogP contribution in [0.2, 0.25) is 0 Å². The zero-order chi connectivity index (χ0) is 15.1. The Balaban J connectivity index is 1.39. The predicted octanol–water partition coefficient (Wildman–Crippen LogP) is 1.87. The number of thioether (sulfide) groups is 1. The molecule has 0 aliphatic carbocycles. The van der Waals surface area contributed by atoms with Gasteiger partial charge in [0.25, 0.3) is 0 Å². The number of nitrogens with zero attached hydrogens (tertiary/aromatic N) is 3. The fourth-order valence-corrected chi connectivity index (χ4v) is 4.42. The number of nitrogens with one attached hydrogen (secondary N) is 1. The summed E-state index contributed by atoms with van der Waals surface area (Å²) in [6.07, 6.45) is 2.93. The summed E-state index contributed by atoms with van der Waals surface area (Å²) >= 11 is 1.67. The van der Waals surface area contributed by atoms with Gasteiger partial charge in [0.05, 0.1) is 11.8 Å². The van der Waals surface area contributed by atoms with E-state index in [-0.39, 0.29) is 11.2 Å². The van der Waals surface area contributed by atoms with Gasteiger partial charge >= 0.3 is 0 Å². The minimum absolute atomic E-state index is 0.0298. The lowest BCUT2D eigenvalue weighted by molar-refractivity contribution is -0.120. The number of fused-ring (bicyclic) bond motifs is 2. The molecule has 2 aliphatic rings. The summed E-state index contributed by atoms with van der Waals surface area (Å²) in [4.78, 5) is 13.6. The van der Waals surface area contributed by atoms with Crippen molar-refractivity contribution in [2.24, 2.45) is 0 Å². The van der Waals surface area contributed by atoms with Crippen molar-refractivity contribution < 1.29 is 4.79 Å². The summed E-state index contributed by atoms with van der Waals surface area (Å²) in [5, 5.41) is 11.3. The highest BCUT2D eigenvalue weighted by Gasteiger charge is 2.28. The Labute approximate surface area is 133 Å². The van der Waals surface area contributed by atoms with Crippen LogP contribution >= 0.6 is 11.8 Å². The number of hydrogen-bond donors (Lipinski definition) is 1. The second kappa shape index (κ2) is 5.43. The third kappa shape index (κ3) is 2.41. The Hall–Kier alpha value is -1.82. The zero-order valence-corrected chi connectivity index (χ0v) is 13.3. The van der Waals surface area contributed by atoms with Crippen molar-refractivity contribution in [2.75, 3.05) is 0 Å². The fourth-order valence-electron chi connectivity index (χ4n) is 3.10. The SMILES string of the molecule is Cc1ccc2c(c1)S[C@@H](C(=O)NCc1nnc3n1CCC3)C2. The van der Waals surface area contributed by atoms with Crippen molar-refractivity contribution in [1.29, 1.82) is 0 Å². The highest BCUT2D eigenvalue weighted by molar-refractivity contribution is 8.01. The van der Waals surface area contributed by atoms with Crippen molar-refractivity contribution in [3.63, 3.8) is 0 Å². The molecule has 6 heteroatoms. The average molecular weight is 314 g/mol. The monoisotopic (exact) mass is 314 g/mol. The number of amides is 1. The number of aromatic nitrogens is 3. The maximum atomic E-state index is 12.4. The Morgan fingerprint density at radius 2 is 2.36 bits per heavy atom. The Kier molecular flexibility index (Phi) is 3.41. The fraction of sp³-hybridized carbons (Fsp3) is 0.438. The van der Waals surface area contributed by atoms with Gasteiger partial charge in [0.2, 0.25) is 5.91 Å². The first-order chi connectivity index (χ1) is 10.7. The van der Waals surface area contributed by atoms with Crippen molar-refractivity contribution >= 4 is 17.7 Å². The Morgan fingerprint density at radius 1 is 1.45 bits per heavy atom. The number of rotatable bonds is 3. The molecule has 22 heavy (non-hydrogen) atoms. The van der Waals surface area contributed by atoms with Crippen LogP contribution in [-0.4, -0.2) is 25.9 Å². The van der Waals surface area contributed by atoms with Gasteiger partial charge in [-0.25, -0.2) is 0 Å². The lowest BCUT2D eigenvalue weighted by atomic mass is 10.1. The first kappa shape index (κ1) is 13.8. The van der Waals surface area contributed by atoms with Crippen molar-refractivity contribution in [1.82, 2.24) is 20.1 Å². The van der Waals surface area contributed by atoms with Crippen LogP contribution < -0.4 is 5.32 Å². The molecule has 2 aromatic rings. The predicted molar refractivity (Wildman–Crippen MR) is 84.7 cm³/mol. The largest absolute Gasteiger partial charge is 0.348 e. The zero-order valence-electron chi connectivity index (χ0n) is 12.5. The quantitative estimate of drug-likeness (QED) is 0.939. The molecular weight excluding hydrogens is 296 g/mol. The first-order valence-electron chi connectivity index (χ1n) is 7.65. The van der Waals surface area contributed by atoms with Crippen molar-refractivity contribution in [3.05, 3.63) is 41.0 Å². The van der Waals surface area contributed by atoms with E-state index in [0.717, 1.165) is 37.5 Å². The van der Waals surface area contributed by atoms with E-state index in [2.05, 4.69) is 45.2 Å². The maximum absolute atomic E-state index is 12.4. The second-order valence-electron chi connectivity index (χ2n) is 5.93. The topological polar surface area (TPSA) is 59.8 Å². The Bertz CT molecular complexity index is 740. The molecule has 2 aliphatic heterocycles. The second-order valence-corrected chi connectivity index (χ2v) is 7.17. The summed E-state index contributed by atoms with van der Waals surface area (Å²) < 4.78 is 2.13. The molecule has 3 heterocycles. The average Bonchev–Trinajstić information content (AvgIpc) is 3.19. The molecule has 1 aromatic heterocycles. The molecule has 5 nitrogen and oxygen atoms in total. The van der Waals surface area contributed by atoms with Gasteiger partial charge in [-0.3, -0.25) is 4.79 Å². The number of carbonyl (C=O) groups is 1. The molecule has 0 radical (unpaired) electrons. The van der Waals surface area contributed by atoms with Gasteiger partial charge in [-0.15, -0.1) is 22.0 Å². The lowest BCUT2D eigenvalue weighted by Crippen LogP contribution is -2.32. The molecule has 114 valence electrons. The van der Waals surface area contributed by atoms with E-state index in [1.165, 1.54) is 16.0 Å². The van der Waals surface area contributed by atoms with Gasteiger partial charge < -0.3 is 9.88 Å². The number of benzene rings is 1. The third-order valence-electron chi connectivity index (χ3n) is 4.30. The van der Waals surface area contributed by atoms with Crippen LogP contribution in [0.4, 0.5) is 0 Å². The van der Waals surface area contributed by atoms with E-state index >= 15 is 0 Å². The van der Waals surface area contributed by atoms with Gasteiger partial charge in [-0.1, -0.05) is 17.7 Å². The summed E-state index contributed by atoms with van der Waals surface area (Å²) in [6.45, 7) is 3.52. The van der Waals surface area contributed by atoms with Crippen LogP contribution in [0.3, 0.4) is 0 Å². The summed E-state index contributed by atoms with van der Waals surface area (Å²) in [5.74, 6) is 2.01. The molecule has 1 atom stereocenters. The molecule has 0 saturated carbocycles. The number of carbonyl (C=O) groups excluding carboxylic acids is 1. The van der Waals surface area contributed by atoms with Crippen molar-refractivity contribution in [3.8, 4) is 0 Å². The lowest BCUT2D eigenvalue weighted by Gasteiger charge is -2.10. The third-order valence-corrected chi connectivity index (χ3v) is 5.60. The molecule has 1 amide bonds. The van der Waals surface area contributed by atoms with Gasteiger partial charge in [-0.05, 0) is 31.4 Å². The van der Waals surface area contributed by atoms with Crippen LogP contribution in [-0.2, 0) is 30.7 Å². The molecule has 0 unspecified atom stereocenters. The smallest absolute Gasteiger partial charge is 0.234 e. The van der Waals surface area contributed by atoms with E-state index in [1.807, 2.05) is 0 Å². The minimum Gasteiger partial charge on any atom is -0.348 e. The van der Waals surface area contributed by atoms with Crippen LogP contribution in [0.5, 0.6) is 0 Å². The highest BCUT2D eigenvalue weighted by atomic mass is 32.2. The summed E-state index contributed by atoms with van der Waals surface area (Å²) in [5.41, 5.74) is 2.52. The van der Waals surface area contributed by atoms with Crippen LogP contribution in [0.1, 0.15) is 29.2 Å². The van der Waals surface area contributed by atoms with Crippen molar-refractivity contribution in [2.45, 2.75) is 49.4 Å². The van der Waals surface area contributed by atoms with E-state index in [0.29, 0.717) is 6.54 Å². The molecule has 0 spiro atoms. The Morgan fingerprint density at radius 3 is 3.27 bits per heavy atom. The normalized spacial score (nSPS) is 19.0. The molecule has 1 N–H and O–H groups in total. The summed E-state index contributed by atoms with van der Waals surface area (Å²) in [7, 11) is 0. The van der Waals surface area contributed by atoms with Gasteiger partial charge in [-0.2, -0.15) is 0 Å². The van der Waals surface area contributed by atoms with Gasteiger partial charge in [0.1, 0.15) is 5.82 Å². The van der Waals surface area contributed by atoms with E-state index in [4.69, 9.17) is 0 Å². The van der Waals surface area contributed by atoms with E-state index in [9.17, 15) is 4.79 Å². The molecule has 4 rings (SSSR count). The summed E-state index contributed by atoms with van der Waals surface area (Å²) in [6, 6.07) is 6.41. The highest BCUT2D eigenvalue weighted by Crippen LogP contribution is 2.37. The van der Waals surface area contributed by atoms with Crippen LogP contribution in [0.15, 0.2) is 23.1 Å². The maximum Gasteiger partial charge on any atom is 0.234 e. The number of aryl methyl sites for hydroxylation is 2. The van der Waals surface area contributed by atoms with Crippen LogP contribution in [0, 0.1) is 6.92 Å². The minimum atomic E-state index is -0.0298. The molecule has 0 bridgehead atoms. The first-order valence-corrected chi connectivity index (χ1v) is 8.53. The molecule has 0 saturated heterocycles. The molecule has 1 aromatic carbocycles.